The summed E-state index contributed by atoms with van der Waals surface area (Å²) in [5.74, 6) is -0.103. The fraction of sp³-hybridized carbons (Fsp3) is 0.263. The summed E-state index contributed by atoms with van der Waals surface area (Å²) < 4.78 is 32.8. The summed E-state index contributed by atoms with van der Waals surface area (Å²) in [6.45, 7) is 1.98. The summed E-state index contributed by atoms with van der Waals surface area (Å²) in [5, 5.41) is 14.8. The summed E-state index contributed by atoms with van der Waals surface area (Å²) in [4.78, 5) is 12.4. The lowest BCUT2D eigenvalue weighted by atomic mass is 10.2. The van der Waals surface area contributed by atoms with Gasteiger partial charge in [-0.25, -0.2) is 12.7 Å². The molecule has 0 aliphatic rings. The standard InChI is InChI=1S/C19H22N6O4S2/c1-13-5-8-15(9-6-13)25-19(21-22-23-25)30-12-18(26)20-14-7-10-16(29-4)17(11-14)31(27,28)24(2)3/h5-11H,12H2,1-4H3,(H,20,26). The van der Waals surface area contributed by atoms with Crippen molar-refractivity contribution in [2.75, 3.05) is 32.3 Å². The molecule has 0 saturated heterocycles. The lowest BCUT2D eigenvalue weighted by molar-refractivity contribution is -0.113. The van der Waals surface area contributed by atoms with Gasteiger partial charge in [-0.05, 0) is 47.7 Å². The van der Waals surface area contributed by atoms with Crippen LogP contribution in [0.1, 0.15) is 5.56 Å². The molecule has 3 aromatic rings. The second kappa shape index (κ2) is 9.45. The summed E-state index contributed by atoms with van der Waals surface area (Å²) in [5.41, 5.74) is 2.23. The van der Waals surface area contributed by atoms with Gasteiger partial charge in [0.15, 0.2) is 0 Å². The summed E-state index contributed by atoms with van der Waals surface area (Å²) in [7, 11) is 0.494. The molecule has 0 aliphatic carbocycles. The molecule has 31 heavy (non-hydrogen) atoms. The molecule has 12 heteroatoms. The van der Waals surface area contributed by atoms with E-state index >= 15 is 0 Å². The Morgan fingerprint density at radius 2 is 1.90 bits per heavy atom. The molecule has 0 atom stereocenters. The first-order chi connectivity index (χ1) is 14.7. The molecule has 2 aromatic carbocycles. The van der Waals surface area contributed by atoms with E-state index in [0.717, 1.165) is 15.6 Å². The Hall–Kier alpha value is -2.96. The molecule has 164 valence electrons. The number of hydrogen-bond acceptors (Lipinski definition) is 8. The lowest BCUT2D eigenvalue weighted by Gasteiger charge is -2.16. The third kappa shape index (κ3) is 5.21. The first-order valence-electron chi connectivity index (χ1n) is 9.11. The zero-order valence-corrected chi connectivity index (χ0v) is 19.1. The zero-order chi connectivity index (χ0) is 22.6. The van der Waals surface area contributed by atoms with Gasteiger partial charge in [-0.1, -0.05) is 29.5 Å². The van der Waals surface area contributed by atoms with Gasteiger partial charge in [-0.2, -0.15) is 4.68 Å². The van der Waals surface area contributed by atoms with E-state index in [4.69, 9.17) is 4.74 Å². The van der Waals surface area contributed by atoms with E-state index in [1.54, 1.807) is 10.7 Å². The van der Waals surface area contributed by atoms with Crippen LogP contribution in [0.15, 0.2) is 52.5 Å². The van der Waals surface area contributed by atoms with Crippen LogP contribution in [0.2, 0.25) is 0 Å². The van der Waals surface area contributed by atoms with Crippen LogP contribution in [0.3, 0.4) is 0 Å². The quantitative estimate of drug-likeness (QED) is 0.505. The van der Waals surface area contributed by atoms with Gasteiger partial charge in [-0.3, -0.25) is 4.79 Å². The smallest absolute Gasteiger partial charge is 0.246 e. The van der Waals surface area contributed by atoms with Gasteiger partial charge >= 0.3 is 0 Å². The molecule has 0 bridgehead atoms. The molecule has 1 heterocycles. The highest BCUT2D eigenvalue weighted by atomic mass is 32.2. The maximum Gasteiger partial charge on any atom is 0.246 e. The third-order valence-electron chi connectivity index (χ3n) is 4.26. The maximum absolute atomic E-state index is 12.5. The minimum atomic E-state index is -3.74. The number of carbonyl (C=O) groups is 1. The van der Waals surface area contributed by atoms with Crippen molar-refractivity contribution >= 4 is 33.4 Å². The fourth-order valence-corrected chi connectivity index (χ4v) is 4.36. The normalized spacial score (nSPS) is 11.5. The Morgan fingerprint density at radius 1 is 1.19 bits per heavy atom. The van der Waals surface area contributed by atoms with Crippen LogP contribution >= 0.6 is 11.8 Å². The number of amides is 1. The summed E-state index contributed by atoms with van der Waals surface area (Å²) in [6.07, 6.45) is 0. The SMILES string of the molecule is COc1ccc(NC(=O)CSc2nnnn2-c2ccc(C)cc2)cc1S(=O)(=O)N(C)C. The predicted octanol–water partition coefficient (Wildman–Crippen LogP) is 1.96. The molecule has 0 spiro atoms. The van der Waals surface area contributed by atoms with Gasteiger partial charge in [0, 0.05) is 19.8 Å². The van der Waals surface area contributed by atoms with Crippen molar-refractivity contribution in [1.82, 2.24) is 24.5 Å². The van der Waals surface area contributed by atoms with Gasteiger partial charge < -0.3 is 10.1 Å². The molecular formula is C19H22N6O4S2. The second-order valence-corrected chi connectivity index (χ2v) is 9.76. The van der Waals surface area contributed by atoms with Crippen molar-refractivity contribution in [3.05, 3.63) is 48.0 Å². The number of anilines is 1. The van der Waals surface area contributed by atoms with Crippen molar-refractivity contribution in [1.29, 1.82) is 0 Å². The van der Waals surface area contributed by atoms with Gasteiger partial charge in [0.05, 0.1) is 18.6 Å². The van der Waals surface area contributed by atoms with Crippen LogP contribution in [0.5, 0.6) is 5.75 Å². The zero-order valence-electron chi connectivity index (χ0n) is 17.4. The number of methoxy groups -OCH3 is 1. The number of nitrogens with one attached hydrogen (secondary N) is 1. The monoisotopic (exact) mass is 462 g/mol. The highest BCUT2D eigenvalue weighted by Crippen LogP contribution is 2.29. The van der Waals surface area contributed by atoms with Crippen molar-refractivity contribution in [3.8, 4) is 11.4 Å². The summed E-state index contributed by atoms with van der Waals surface area (Å²) in [6, 6.07) is 12.1. The Labute approximate surface area is 184 Å². The Kier molecular flexibility index (Phi) is 6.93. The molecule has 3 rings (SSSR count). The predicted molar refractivity (Wildman–Crippen MR) is 117 cm³/mol. The van der Waals surface area contributed by atoms with Gasteiger partial charge in [0.1, 0.15) is 10.6 Å². The average molecular weight is 463 g/mol. The van der Waals surface area contributed by atoms with Crippen molar-refractivity contribution in [2.24, 2.45) is 0 Å². The van der Waals surface area contributed by atoms with E-state index in [-0.39, 0.29) is 22.3 Å². The number of ether oxygens (including phenoxy) is 1. The fourth-order valence-electron chi connectivity index (χ4n) is 2.60. The molecule has 10 nitrogen and oxygen atoms in total. The molecule has 0 unspecified atom stereocenters. The summed E-state index contributed by atoms with van der Waals surface area (Å²) >= 11 is 1.17. The number of rotatable bonds is 8. The van der Waals surface area contributed by atoms with Gasteiger partial charge in [0.25, 0.3) is 0 Å². The Morgan fingerprint density at radius 3 is 2.55 bits per heavy atom. The van der Waals surface area contributed by atoms with E-state index < -0.39 is 10.0 Å². The van der Waals surface area contributed by atoms with Crippen LogP contribution in [0.25, 0.3) is 5.69 Å². The number of hydrogen-bond donors (Lipinski definition) is 1. The molecule has 0 saturated carbocycles. The van der Waals surface area contributed by atoms with E-state index in [0.29, 0.717) is 10.8 Å². The maximum atomic E-state index is 12.5. The number of nitrogens with zero attached hydrogens (tertiary/aromatic N) is 5. The Bertz CT molecular complexity index is 1180. The number of benzene rings is 2. The van der Waals surface area contributed by atoms with Crippen molar-refractivity contribution in [3.63, 3.8) is 0 Å². The minimum absolute atomic E-state index is 0.0335. The van der Waals surface area contributed by atoms with Crippen LogP contribution in [-0.4, -0.2) is 65.8 Å². The molecule has 1 N–H and O–H groups in total. The number of aromatic nitrogens is 4. The van der Waals surface area contributed by atoms with Crippen molar-refractivity contribution < 1.29 is 17.9 Å². The van der Waals surface area contributed by atoms with Crippen molar-refractivity contribution in [2.45, 2.75) is 17.0 Å². The number of tetrazole rings is 1. The van der Waals surface area contributed by atoms with Crippen LogP contribution < -0.4 is 10.1 Å². The second-order valence-electron chi connectivity index (χ2n) is 6.70. The lowest BCUT2D eigenvalue weighted by Crippen LogP contribution is -2.23. The molecule has 1 aromatic heterocycles. The highest BCUT2D eigenvalue weighted by Gasteiger charge is 2.23. The minimum Gasteiger partial charge on any atom is -0.495 e. The van der Waals surface area contributed by atoms with Gasteiger partial charge in [0.2, 0.25) is 21.1 Å². The molecular weight excluding hydrogens is 440 g/mol. The average Bonchev–Trinajstić information content (AvgIpc) is 3.21. The topological polar surface area (TPSA) is 119 Å². The molecule has 0 fully saturated rings. The van der Waals surface area contributed by atoms with E-state index in [2.05, 4.69) is 20.8 Å². The number of aryl methyl sites for hydroxylation is 1. The van der Waals surface area contributed by atoms with E-state index in [1.807, 2.05) is 31.2 Å². The van der Waals surface area contributed by atoms with E-state index in [1.165, 1.54) is 45.1 Å². The van der Waals surface area contributed by atoms with Crippen LogP contribution in [-0.2, 0) is 14.8 Å². The van der Waals surface area contributed by atoms with E-state index in [9.17, 15) is 13.2 Å². The van der Waals surface area contributed by atoms with Crippen LogP contribution in [0.4, 0.5) is 5.69 Å². The van der Waals surface area contributed by atoms with Crippen LogP contribution in [0, 0.1) is 6.92 Å². The first kappa shape index (κ1) is 22.7. The number of sulfonamides is 1. The number of carbonyl (C=O) groups excluding carboxylic acids is 1. The largest absolute Gasteiger partial charge is 0.495 e. The number of thioether (sulfide) groups is 1. The third-order valence-corrected chi connectivity index (χ3v) is 7.01. The Balaban J connectivity index is 1.71. The molecule has 0 aliphatic heterocycles. The molecule has 1 amide bonds. The first-order valence-corrected chi connectivity index (χ1v) is 11.5. The van der Waals surface area contributed by atoms with Gasteiger partial charge in [-0.15, -0.1) is 5.10 Å². The molecule has 0 radical (unpaired) electrons. The highest BCUT2D eigenvalue weighted by molar-refractivity contribution is 7.99.